The van der Waals surface area contributed by atoms with Crippen LogP contribution in [0, 0.1) is 0 Å². The van der Waals surface area contributed by atoms with E-state index in [1.54, 1.807) is 18.4 Å². The molecule has 4 rings (SSSR count). The number of aromatic nitrogens is 3. The van der Waals surface area contributed by atoms with Gasteiger partial charge in [-0.25, -0.2) is 9.97 Å². The molecule has 0 bridgehead atoms. The third-order valence-electron chi connectivity index (χ3n) is 4.58. The average Bonchev–Trinajstić information content (AvgIpc) is 3.17. The predicted octanol–water partition coefficient (Wildman–Crippen LogP) is 2.05. The van der Waals surface area contributed by atoms with E-state index in [1.165, 1.54) is 0 Å². The number of fused-ring (bicyclic) bond motifs is 1. The van der Waals surface area contributed by atoms with Crippen LogP contribution in [-0.4, -0.2) is 40.5 Å². The van der Waals surface area contributed by atoms with Gasteiger partial charge in [0.15, 0.2) is 11.6 Å². The maximum Gasteiger partial charge on any atom is 0.256 e. The maximum absolute atomic E-state index is 12.5. The van der Waals surface area contributed by atoms with E-state index in [0.717, 1.165) is 42.1 Å². The van der Waals surface area contributed by atoms with Crippen LogP contribution < -0.4 is 10.5 Å². The minimum atomic E-state index is -0.0906. The van der Waals surface area contributed by atoms with Crippen LogP contribution >= 0.6 is 0 Å². The van der Waals surface area contributed by atoms with Crippen molar-refractivity contribution >= 4 is 5.82 Å². The number of anilines is 1. The van der Waals surface area contributed by atoms with E-state index >= 15 is 0 Å². The first-order valence-corrected chi connectivity index (χ1v) is 8.61. The Morgan fingerprint density at radius 1 is 1.31 bits per heavy atom. The van der Waals surface area contributed by atoms with Crippen molar-refractivity contribution in [3.63, 3.8) is 0 Å². The predicted molar refractivity (Wildman–Crippen MR) is 98.9 cm³/mol. The van der Waals surface area contributed by atoms with Crippen molar-refractivity contribution in [1.82, 2.24) is 19.9 Å². The van der Waals surface area contributed by atoms with Crippen molar-refractivity contribution < 1.29 is 4.42 Å². The fourth-order valence-electron chi connectivity index (χ4n) is 3.18. The molecule has 0 fully saturated rings. The number of furan rings is 1. The molecule has 7 nitrogen and oxygen atoms in total. The molecule has 0 atom stereocenters. The second-order valence-electron chi connectivity index (χ2n) is 6.70. The molecule has 0 aromatic carbocycles. The van der Waals surface area contributed by atoms with Crippen LogP contribution in [0.4, 0.5) is 5.82 Å². The van der Waals surface area contributed by atoms with Gasteiger partial charge < -0.3 is 14.3 Å². The molecule has 0 unspecified atom stereocenters. The molecule has 3 aromatic heterocycles. The van der Waals surface area contributed by atoms with Gasteiger partial charge in [0, 0.05) is 46.3 Å². The fourth-order valence-corrected chi connectivity index (χ4v) is 3.18. The molecule has 0 radical (unpaired) electrons. The summed E-state index contributed by atoms with van der Waals surface area (Å²) in [6.45, 7) is 2.21. The van der Waals surface area contributed by atoms with Gasteiger partial charge in [0.2, 0.25) is 0 Å². The third-order valence-corrected chi connectivity index (χ3v) is 4.58. The Hall–Kier alpha value is -2.93. The highest BCUT2D eigenvalue weighted by molar-refractivity contribution is 5.47. The van der Waals surface area contributed by atoms with E-state index in [4.69, 9.17) is 4.42 Å². The van der Waals surface area contributed by atoms with Crippen LogP contribution in [0.3, 0.4) is 0 Å². The summed E-state index contributed by atoms with van der Waals surface area (Å²) in [4.78, 5) is 28.6. The lowest BCUT2D eigenvalue weighted by Crippen LogP contribution is -2.35. The van der Waals surface area contributed by atoms with Crippen molar-refractivity contribution in [2.24, 2.45) is 0 Å². The summed E-state index contributed by atoms with van der Waals surface area (Å²) < 4.78 is 5.34. The van der Waals surface area contributed by atoms with E-state index in [0.29, 0.717) is 18.1 Å². The molecule has 0 saturated heterocycles. The van der Waals surface area contributed by atoms with E-state index in [-0.39, 0.29) is 5.56 Å². The summed E-state index contributed by atoms with van der Waals surface area (Å²) in [5.74, 6) is 2.01. The molecular weight excluding hydrogens is 330 g/mol. The van der Waals surface area contributed by atoms with Gasteiger partial charge in [-0.3, -0.25) is 9.69 Å². The van der Waals surface area contributed by atoms with Crippen molar-refractivity contribution in [2.75, 3.05) is 25.5 Å². The molecule has 0 saturated carbocycles. The summed E-state index contributed by atoms with van der Waals surface area (Å²) >= 11 is 0. The number of nitrogens with zero attached hydrogens (tertiary/aromatic N) is 4. The Morgan fingerprint density at radius 2 is 2.19 bits per heavy atom. The van der Waals surface area contributed by atoms with E-state index in [9.17, 15) is 4.79 Å². The Balaban J connectivity index is 1.52. The molecule has 0 aliphatic carbocycles. The zero-order valence-electron chi connectivity index (χ0n) is 14.9. The van der Waals surface area contributed by atoms with E-state index < -0.39 is 0 Å². The number of hydrogen-bond acceptors (Lipinski definition) is 6. The van der Waals surface area contributed by atoms with Crippen molar-refractivity contribution in [2.45, 2.75) is 19.5 Å². The monoisotopic (exact) mass is 351 g/mol. The largest absolute Gasteiger partial charge is 0.461 e. The molecule has 26 heavy (non-hydrogen) atoms. The number of hydrogen-bond donors (Lipinski definition) is 1. The number of H-pyrrole nitrogens is 1. The third kappa shape index (κ3) is 3.25. The topological polar surface area (TPSA) is 78.3 Å². The van der Waals surface area contributed by atoms with Gasteiger partial charge in [-0.15, -0.1) is 0 Å². The summed E-state index contributed by atoms with van der Waals surface area (Å²) in [7, 11) is 3.94. The second kappa shape index (κ2) is 6.76. The molecular formula is C19H21N5O2. The van der Waals surface area contributed by atoms with Gasteiger partial charge in [0.1, 0.15) is 5.82 Å². The van der Waals surface area contributed by atoms with Gasteiger partial charge in [0.05, 0.1) is 17.5 Å². The lowest BCUT2D eigenvalue weighted by Gasteiger charge is -2.27. The molecule has 1 N–H and O–H groups in total. The lowest BCUT2D eigenvalue weighted by molar-refractivity contribution is 0.241. The van der Waals surface area contributed by atoms with Crippen LogP contribution in [0.1, 0.15) is 16.8 Å². The SMILES string of the molecule is CN(C)c1ccc(CN2CCc3nc(-c4ccco4)[nH]c(=O)c3C2)cn1. The zero-order chi connectivity index (χ0) is 18.1. The molecule has 1 aliphatic rings. The summed E-state index contributed by atoms with van der Waals surface area (Å²) in [5, 5.41) is 0. The summed E-state index contributed by atoms with van der Waals surface area (Å²) in [5.41, 5.74) is 2.64. The molecule has 4 heterocycles. The van der Waals surface area contributed by atoms with Crippen LogP contribution in [0.15, 0.2) is 45.9 Å². The molecule has 1 aliphatic heterocycles. The number of pyridine rings is 1. The zero-order valence-corrected chi connectivity index (χ0v) is 14.9. The number of aromatic amines is 1. The van der Waals surface area contributed by atoms with E-state index in [1.807, 2.05) is 31.3 Å². The van der Waals surface area contributed by atoms with Gasteiger partial charge in [-0.1, -0.05) is 6.07 Å². The average molecular weight is 351 g/mol. The van der Waals surface area contributed by atoms with Crippen LogP contribution in [0.2, 0.25) is 0 Å². The fraction of sp³-hybridized carbons (Fsp3) is 0.316. The van der Waals surface area contributed by atoms with Crippen molar-refractivity contribution in [3.05, 3.63) is 63.9 Å². The normalized spacial score (nSPS) is 14.2. The second-order valence-corrected chi connectivity index (χ2v) is 6.70. The van der Waals surface area contributed by atoms with Crippen LogP contribution in [-0.2, 0) is 19.5 Å². The highest BCUT2D eigenvalue weighted by Crippen LogP contribution is 2.20. The van der Waals surface area contributed by atoms with Gasteiger partial charge in [0.25, 0.3) is 5.56 Å². The smallest absolute Gasteiger partial charge is 0.256 e. The Labute approximate surface area is 151 Å². The first kappa shape index (κ1) is 16.5. The van der Waals surface area contributed by atoms with Gasteiger partial charge in [-0.2, -0.15) is 0 Å². The molecule has 7 heteroatoms. The molecule has 134 valence electrons. The van der Waals surface area contributed by atoms with Crippen LogP contribution in [0.25, 0.3) is 11.6 Å². The van der Waals surface area contributed by atoms with Crippen molar-refractivity contribution in [3.8, 4) is 11.6 Å². The maximum atomic E-state index is 12.5. The Morgan fingerprint density at radius 3 is 2.88 bits per heavy atom. The first-order valence-electron chi connectivity index (χ1n) is 8.61. The first-order chi connectivity index (χ1) is 12.6. The van der Waals surface area contributed by atoms with E-state index in [2.05, 4.69) is 25.9 Å². The number of rotatable bonds is 4. The summed E-state index contributed by atoms with van der Waals surface area (Å²) in [6.07, 6.45) is 4.22. The lowest BCUT2D eigenvalue weighted by atomic mass is 10.1. The van der Waals surface area contributed by atoms with Crippen LogP contribution in [0.5, 0.6) is 0 Å². The minimum absolute atomic E-state index is 0.0906. The molecule has 0 spiro atoms. The highest BCUT2D eigenvalue weighted by Gasteiger charge is 2.22. The highest BCUT2D eigenvalue weighted by atomic mass is 16.3. The van der Waals surface area contributed by atoms with Gasteiger partial charge in [-0.05, 0) is 23.8 Å². The number of nitrogens with one attached hydrogen (secondary N) is 1. The molecule has 3 aromatic rings. The quantitative estimate of drug-likeness (QED) is 0.775. The van der Waals surface area contributed by atoms with Crippen molar-refractivity contribution in [1.29, 1.82) is 0 Å². The summed E-state index contributed by atoms with van der Waals surface area (Å²) in [6, 6.07) is 7.67. The molecule has 0 amide bonds. The minimum Gasteiger partial charge on any atom is -0.461 e. The Bertz CT molecular complexity index is 945. The van der Waals surface area contributed by atoms with Gasteiger partial charge >= 0.3 is 0 Å². The standard InChI is InChI=1S/C19H21N5O2/c1-23(2)17-6-5-13(10-20-17)11-24-8-7-15-14(12-24)19(25)22-18(21-15)16-4-3-9-26-16/h3-6,9-10H,7-8,11-12H2,1-2H3,(H,21,22,25). The Kier molecular flexibility index (Phi) is 4.30.